The first-order valence-electron chi connectivity index (χ1n) is 5.96. The van der Waals surface area contributed by atoms with E-state index >= 15 is 0 Å². The lowest BCUT2D eigenvalue weighted by atomic mass is 10.1. The van der Waals surface area contributed by atoms with Crippen LogP contribution in [0, 0.1) is 11.3 Å². The minimum atomic E-state index is -0.167. The molecule has 0 saturated carbocycles. The third-order valence-corrected chi connectivity index (χ3v) is 3.48. The summed E-state index contributed by atoms with van der Waals surface area (Å²) in [5.41, 5.74) is 0.992. The number of pyridine rings is 1. The Bertz CT molecular complexity index is 398. The molecule has 1 aromatic rings. The normalized spacial score (nSPS) is 24.2. The smallest absolute Gasteiger partial charge is 0.125 e. The molecule has 2 heterocycles. The zero-order valence-corrected chi connectivity index (χ0v) is 10.4. The minimum absolute atomic E-state index is 0.167. The number of nitrogens with zero attached hydrogens (tertiary/aromatic N) is 4. The van der Waals surface area contributed by atoms with Crippen molar-refractivity contribution in [2.45, 2.75) is 19.0 Å². The molecule has 0 aromatic carbocycles. The number of rotatable bonds is 2. The third-order valence-electron chi connectivity index (χ3n) is 3.48. The van der Waals surface area contributed by atoms with Crippen LogP contribution < -0.4 is 0 Å². The molecule has 2 atom stereocenters. The first kappa shape index (κ1) is 12.0. The van der Waals surface area contributed by atoms with Gasteiger partial charge in [0, 0.05) is 43.6 Å². The highest BCUT2D eigenvalue weighted by Crippen LogP contribution is 2.22. The Hall–Kier alpha value is -1.44. The van der Waals surface area contributed by atoms with Crippen LogP contribution in [0.2, 0.25) is 0 Å². The molecule has 17 heavy (non-hydrogen) atoms. The second kappa shape index (κ2) is 5.26. The van der Waals surface area contributed by atoms with Gasteiger partial charge in [0.25, 0.3) is 0 Å². The van der Waals surface area contributed by atoms with Crippen LogP contribution in [0.15, 0.2) is 24.5 Å². The Labute approximate surface area is 102 Å². The molecule has 1 saturated heterocycles. The second-order valence-electron chi connectivity index (χ2n) is 4.64. The van der Waals surface area contributed by atoms with E-state index in [1.165, 1.54) is 0 Å². The van der Waals surface area contributed by atoms with Gasteiger partial charge in [0.1, 0.15) is 6.04 Å². The van der Waals surface area contributed by atoms with Crippen molar-refractivity contribution < 1.29 is 0 Å². The van der Waals surface area contributed by atoms with Crippen molar-refractivity contribution in [1.29, 1.82) is 5.26 Å². The summed E-state index contributed by atoms with van der Waals surface area (Å²) in [6, 6.07) is 6.58. The molecule has 2 unspecified atom stereocenters. The van der Waals surface area contributed by atoms with Crippen LogP contribution in [0.25, 0.3) is 0 Å². The van der Waals surface area contributed by atoms with Crippen LogP contribution >= 0.6 is 0 Å². The fourth-order valence-corrected chi connectivity index (χ4v) is 2.22. The zero-order valence-electron chi connectivity index (χ0n) is 10.4. The predicted molar refractivity (Wildman–Crippen MR) is 66.3 cm³/mol. The van der Waals surface area contributed by atoms with Gasteiger partial charge in [-0.3, -0.25) is 9.88 Å². The van der Waals surface area contributed by atoms with Gasteiger partial charge in [-0.15, -0.1) is 0 Å². The molecular weight excluding hydrogens is 212 g/mol. The standard InChI is InChI=1S/C13H18N4/c1-11-10-17(7-6-16(11)2)13(8-14)12-4-3-5-15-9-12/h3-5,9,11,13H,6-7,10H2,1-2H3. The van der Waals surface area contributed by atoms with E-state index in [2.05, 4.69) is 34.8 Å². The van der Waals surface area contributed by atoms with E-state index in [1.807, 2.05) is 12.1 Å². The van der Waals surface area contributed by atoms with Crippen LogP contribution in [0.4, 0.5) is 0 Å². The molecule has 2 rings (SSSR count). The highest BCUT2D eigenvalue weighted by atomic mass is 15.3. The van der Waals surface area contributed by atoms with Gasteiger partial charge in [0.15, 0.2) is 0 Å². The minimum Gasteiger partial charge on any atom is -0.301 e. The molecular formula is C13H18N4. The van der Waals surface area contributed by atoms with Gasteiger partial charge in [-0.1, -0.05) is 6.07 Å². The molecule has 4 heteroatoms. The van der Waals surface area contributed by atoms with Crippen molar-refractivity contribution in [1.82, 2.24) is 14.8 Å². The molecule has 0 N–H and O–H groups in total. The van der Waals surface area contributed by atoms with E-state index in [-0.39, 0.29) is 6.04 Å². The summed E-state index contributed by atoms with van der Waals surface area (Å²) in [7, 11) is 2.13. The molecule has 0 amide bonds. The van der Waals surface area contributed by atoms with E-state index in [0.717, 1.165) is 25.2 Å². The van der Waals surface area contributed by atoms with Crippen LogP contribution in [0.5, 0.6) is 0 Å². The summed E-state index contributed by atoms with van der Waals surface area (Å²) in [6.07, 6.45) is 3.53. The predicted octanol–water partition coefficient (Wildman–Crippen LogP) is 1.28. The molecule has 1 aliphatic heterocycles. The average Bonchev–Trinajstić information content (AvgIpc) is 2.36. The van der Waals surface area contributed by atoms with Gasteiger partial charge in [0.05, 0.1) is 6.07 Å². The van der Waals surface area contributed by atoms with E-state index in [0.29, 0.717) is 6.04 Å². The molecule has 1 fully saturated rings. The van der Waals surface area contributed by atoms with Crippen LogP contribution in [0.3, 0.4) is 0 Å². The lowest BCUT2D eigenvalue weighted by molar-refractivity contribution is 0.0880. The maximum absolute atomic E-state index is 9.35. The molecule has 0 spiro atoms. The first-order valence-corrected chi connectivity index (χ1v) is 5.96. The summed E-state index contributed by atoms with van der Waals surface area (Å²) in [6.45, 7) is 5.08. The Balaban J connectivity index is 2.13. The molecule has 4 nitrogen and oxygen atoms in total. The maximum atomic E-state index is 9.35. The monoisotopic (exact) mass is 230 g/mol. The second-order valence-corrected chi connectivity index (χ2v) is 4.64. The lowest BCUT2D eigenvalue weighted by Crippen LogP contribution is -2.50. The largest absolute Gasteiger partial charge is 0.301 e. The molecule has 0 radical (unpaired) electrons. The van der Waals surface area contributed by atoms with Gasteiger partial charge in [-0.2, -0.15) is 5.26 Å². The van der Waals surface area contributed by atoms with Gasteiger partial charge in [-0.05, 0) is 20.0 Å². The van der Waals surface area contributed by atoms with Gasteiger partial charge in [-0.25, -0.2) is 0 Å². The van der Waals surface area contributed by atoms with Crippen LogP contribution in [-0.2, 0) is 0 Å². The Morgan fingerprint density at radius 1 is 1.53 bits per heavy atom. The van der Waals surface area contributed by atoms with Gasteiger partial charge in [0.2, 0.25) is 0 Å². The molecule has 1 aromatic heterocycles. The average molecular weight is 230 g/mol. The number of nitriles is 1. The van der Waals surface area contributed by atoms with Crippen molar-refractivity contribution in [3.63, 3.8) is 0 Å². The SMILES string of the molecule is CC1CN(C(C#N)c2cccnc2)CCN1C. The summed E-state index contributed by atoms with van der Waals surface area (Å²) in [5, 5.41) is 9.35. The number of hydrogen-bond donors (Lipinski definition) is 0. The summed E-state index contributed by atoms with van der Waals surface area (Å²) in [4.78, 5) is 8.66. The summed E-state index contributed by atoms with van der Waals surface area (Å²) >= 11 is 0. The lowest BCUT2D eigenvalue weighted by Gasteiger charge is -2.39. The van der Waals surface area contributed by atoms with Gasteiger partial charge < -0.3 is 4.90 Å². The third kappa shape index (κ3) is 2.63. The highest BCUT2D eigenvalue weighted by Gasteiger charge is 2.27. The van der Waals surface area contributed by atoms with Crippen molar-refractivity contribution in [3.05, 3.63) is 30.1 Å². The topological polar surface area (TPSA) is 43.2 Å². The number of aromatic nitrogens is 1. The van der Waals surface area contributed by atoms with Crippen LogP contribution in [-0.4, -0.2) is 47.5 Å². The molecule has 1 aliphatic rings. The molecule has 0 aliphatic carbocycles. The van der Waals surface area contributed by atoms with Crippen molar-refractivity contribution in [2.75, 3.05) is 26.7 Å². The maximum Gasteiger partial charge on any atom is 0.125 e. The van der Waals surface area contributed by atoms with Crippen molar-refractivity contribution in [3.8, 4) is 6.07 Å². The fourth-order valence-electron chi connectivity index (χ4n) is 2.22. The van der Waals surface area contributed by atoms with E-state index in [4.69, 9.17) is 0 Å². The van der Waals surface area contributed by atoms with Gasteiger partial charge >= 0.3 is 0 Å². The van der Waals surface area contributed by atoms with E-state index in [1.54, 1.807) is 12.4 Å². The highest BCUT2D eigenvalue weighted by molar-refractivity contribution is 5.20. The summed E-state index contributed by atoms with van der Waals surface area (Å²) in [5.74, 6) is 0. The number of hydrogen-bond acceptors (Lipinski definition) is 4. The van der Waals surface area contributed by atoms with E-state index < -0.39 is 0 Å². The van der Waals surface area contributed by atoms with Crippen LogP contribution in [0.1, 0.15) is 18.5 Å². The first-order chi connectivity index (χ1) is 8.22. The molecule has 0 bridgehead atoms. The summed E-state index contributed by atoms with van der Waals surface area (Å²) < 4.78 is 0. The molecule has 90 valence electrons. The number of likely N-dealkylation sites (N-methyl/N-ethyl adjacent to an activating group) is 1. The Morgan fingerprint density at radius 2 is 2.35 bits per heavy atom. The van der Waals surface area contributed by atoms with Crippen molar-refractivity contribution in [2.24, 2.45) is 0 Å². The van der Waals surface area contributed by atoms with E-state index in [9.17, 15) is 5.26 Å². The Morgan fingerprint density at radius 3 is 2.94 bits per heavy atom. The Kier molecular flexibility index (Phi) is 3.72. The zero-order chi connectivity index (χ0) is 12.3. The number of piperazine rings is 1. The fraction of sp³-hybridized carbons (Fsp3) is 0.538. The van der Waals surface area contributed by atoms with Crippen molar-refractivity contribution >= 4 is 0 Å². The quantitative estimate of drug-likeness (QED) is 0.767.